The molecule has 0 atom stereocenters. The topological polar surface area (TPSA) is 128 Å². The molecular formula is C78H47N13S. The van der Waals surface area contributed by atoms with E-state index in [9.17, 15) is 0 Å². The summed E-state index contributed by atoms with van der Waals surface area (Å²) < 4.78 is 13.3. The SMILES string of the molecule is c1ccc(-c2nc(-c3cccc(-c4ccc(-c5nc(-c6ccccc6)nc(-n6ccnc6-n6c7ccccc7c7ccc8c9ccccc9n(-c9ccccc9)c8c76)n5)cc4)c3)nc(-n3ccnc3-n3c4ccccc4c4c5sc6ccccc6c5ccc43)n2)cc1. The zero-order chi connectivity index (χ0) is 60.4. The minimum absolute atomic E-state index is 0.429. The fraction of sp³-hybridized carbons (Fsp3) is 0. The van der Waals surface area contributed by atoms with Crippen LogP contribution in [0.1, 0.15) is 0 Å². The Kier molecular flexibility index (Phi) is 11.5. The molecule has 0 fully saturated rings. The Morgan fingerprint density at radius 3 is 1.35 bits per heavy atom. The Bertz CT molecular complexity index is 6140. The van der Waals surface area contributed by atoms with Gasteiger partial charge in [-0.2, -0.15) is 19.9 Å². The molecule has 430 valence electrons. The molecule has 0 N–H and O–H groups in total. The molecule has 0 saturated carbocycles. The number of imidazole rings is 2. The lowest BCUT2D eigenvalue weighted by atomic mass is 10.0. The van der Waals surface area contributed by atoms with Crippen molar-refractivity contribution in [1.29, 1.82) is 0 Å². The van der Waals surface area contributed by atoms with Gasteiger partial charge in [0.25, 0.3) is 0 Å². The molecule has 8 aromatic heterocycles. The molecule has 0 aliphatic rings. The second-order valence-electron chi connectivity index (χ2n) is 22.8. The van der Waals surface area contributed by atoms with Gasteiger partial charge in [0.15, 0.2) is 23.3 Å². The summed E-state index contributed by atoms with van der Waals surface area (Å²) in [7, 11) is 0. The van der Waals surface area contributed by atoms with Crippen LogP contribution < -0.4 is 0 Å². The van der Waals surface area contributed by atoms with Crippen molar-refractivity contribution in [2.45, 2.75) is 0 Å². The average molecular weight is 1200 g/mol. The number of thiophene rings is 1. The number of benzene rings is 11. The first-order chi connectivity index (χ1) is 45.6. The van der Waals surface area contributed by atoms with Gasteiger partial charge in [0.05, 0.1) is 33.1 Å². The Labute approximate surface area is 528 Å². The predicted molar refractivity (Wildman–Crippen MR) is 371 cm³/mol. The van der Waals surface area contributed by atoms with Crippen LogP contribution >= 0.6 is 11.3 Å². The molecule has 19 aromatic rings. The number of hydrogen-bond donors (Lipinski definition) is 0. The largest absolute Gasteiger partial charge is 0.307 e. The minimum Gasteiger partial charge on any atom is -0.307 e. The van der Waals surface area contributed by atoms with Crippen LogP contribution in [0.4, 0.5) is 0 Å². The van der Waals surface area contributed by atoms with Gasteiger partial charge in [-0.1, -0.05) is 212 Å². The van der Waals surface area contributed by atoms with Crippen molar-refractivity contribution >= 4 is 96.9 Å². The highest BCUT2D eigenvalue weighted by molar-refractivity contribution is 7.26. The third kappa shape index (κ3) is 8.04. The molecule has 0 radical (unpaired) electrons. The third-order valence-corrected chi connectivity index (χ3v) is 18.8. The molecule has 92 heavy (non-hydrogen) atoms. The van der Waals surface area contributed by atoms with Gasteiger partial charge in [0, 0.05) is 105 Å². The van der Waals surface area contributed by atoms with Crippen LogP contribution in [-0.4, -0.2) is 62.7 Å². The number of rotatable bonds is 10. The number of nitrogens with zero attached hydrogens (tertiary/aromatic N) is 13. The molecule has 0 aliphatic carbocycles. The summed E-state index contributed by atoms with van der Waals surface area (Å²) in [4.78, 5) is 41.6. The van der Waals surface area contributed by atoms with E-state index in [4.69, 9.17) is 39.9 Å². The highest BCUT2D eigenvalue weighted by atomic mass is 32.1. The van der Waals surface area contributed by atoms with Gasteiger partial charge >= 0.3 is 0 Å². The smallest absolute Gasteiger partial charge is 0.240 e. The lowest BCUT2D eigenvalue weighted by Gasteiger charge is -2.14. The summed E-state index contributed by atoms with van der Waals surface area (Å²) >= 11 is 1.83. The molecule has 13 nitrogen and oxygen atoms in total. The van der Waals surface area contributed by atoms with E-state index in [0.717, 1.165) is 93.7 Å². The van der Waals surface area contributed by atoms with Crippen LogP contribution in [0.5, 0.6) is 0 Å². The van der Waals surface area contributed by atoms with Gasteiger partial charge in [-0.05, 0) is 59.7 Å². The summed E-state index contributed by atoms with van der Waals surface area (Å²) in [5.74, 6) is 4.30. The molecule has 0 amide bonds. The van der Waals surface area contributed by atoms with Crippen molar-refractivity contribution in [3.8, 4) is 86.2 Å². The van der Waals surface area contributed by atoms with E-state index in [0.29, 0.717) is 47.1 Å². The number of para-hydroxylation sites is 4. The first kappa shape index (κ1) is 51.5. The Morgan fingerprint density at radius 2 is 0.728 bits per heavy atom. The monoisotopic (exact) mass is 1200 g/mol. The molecule has 8 heterocycles. The first-order valence-corrected chi connectivity index (χ1v) is 31.2. The first-order valence-electron chi connectivity index (χ1n) is 30.4. The third-order valence-electron chi connectivity index (χ3n) is 17.6. The summed E-state index contributed by atoms with van der Waals surface area (Å²) in [6.45, 7) is 0. The fourth-order valence-corrected chi connectivity index (χ4v) is 14.8. The molecule has 19 rings (SSSR count). The highest BCUT2D eigenvalue weighted by Crippen LogP contribution is 2.45. The van der Waals surface area contributed by atoms with Crippen molar-refractivity contribution in [3.63, 3.8) is 0 Å². The minimum atomic E-state index is 0.429. The standard InChI is InChI=1S/C78H47N13S/c1-4-19-49(20-5-1)71-81-73(85-75(83-71)88-46-44-80-78(88)91-63-32-15-11-28-56(63)59-40-39-58-55-27-10-14-31-62(55)89(68(58)69(59)91)54-25-8-3-9-26-54)51-37-35-48(36-38-51)52-23-18-24-53(47-52)74-82-72(50-21-6-2-7-22-50)84-76(86-74)87-45-43-79-77(87)90-64-33-16-12-30-61(64)67-65(90)42-41-60-57-29-13-17-34-66(57)92-70(60)67/h1-47H. The molecule has 14 heteroatoms. The molecule has 11 aromatic carbocycles. The number of aromatic nitrogens is 13. The lowest BCUT2D eigenvalue weighted by molar-refractivity contribution is 0.859. The van der Waals surface area contributed by atoms with Crippen LogP contribution in [0.2, 0.25) is 0 Å². The molecular weight excluding hydrogens is 1150 g/mol. The number of hydrogen-bond acceptors (Lipinski definition) is 9. The van der Waals surface area contributed by atoms with Crippen LogP contribution in [-0.2, 0) is 0 Å². The fourth-order valence-electron chi connectivity index (χ4n) is 13.5. The van der Waals surface area contributed by atoms with Crippen LogP contribution in [0.3, 0.4) is 0 Å². The maximum Gasteiger partial charge on any atom is 0.240 e. The number of fused-ring (bicyclic) bond motifs is 14. The second kappa shape index (κ2) is 20.5. The summed E-state index contributed by atoms with van der Waals surface area (Å²) in [6.07, 6.45) is 7.51. The predicted octanol–water partition coefficient (Wildman–Crippen LogP) is 18.4. The zero-order valence-corrected chi connectivity index (χ0v) is 49.7. The van der Waals surface area contributed by atoms with E-state index >= 15 is 0 Å². The van der Waals surface area contributed by atoms with Crippen LogP contribution in [0.25, 0.3) is 172 Å². The van der Waals surface area contributed by atoms with Gasteiger partial charge in [-0.3, -0.25) is 18.3 Å². The molecule has 0 spiro atoms. The van der Waals surface area contributed by atoms with Crippen molar-refractivity contribution in [3.05, 3.63) is 286 Å². The van der Waals surface area contributed by atoms with Crippen molar-refractivity contribution in [1.82, 2.24) is 62.7 Å². The summed E-state index contributed by atoms with van der Waals surface area (Å²) in [5, 5.41) is 9.39. The zero-order valence-electron chi connectivity index (χ0n) is 48.9. The van der Waals surface area contributed by atoms with Gasteiger partial charge in [0.1, 0.15) is 0 Å². The maximum absolute atomic E-state index is 5.31. The van der Waals surface area contributed by atoms with Gasteiger partial charge < -0.3 is 4.57 Å². The Hall–Kier alpha value is -12.5. The van der Waals surface area contributed by atoms with E-state index in [1.807, 2.05) is 106 Å². The van der Waals surface area contributed by atoms with Gasteiger partial charge in [-0.15, -0.1) is 11.3 Å². The normalized spacial score (nSPS) is 11.9. The highest BCUT2D eigenvalue weighted by Gasteiger charge is 2.26. The Morgan fingerprint density at radius 1 is 0.283 bits per heavy atom. The maximum atomic E-state index is 5.31. The summed E-state index contributed by atoms with van der Waals surface area (Å²) in [6, 6.07) is 90.8. The average Bonchev–Trinajstić information content (AvgIpc) is 1.55. The Balaban J connectivity index is 0.716. The van der Waals surface area contributed by atoms with Gasteiger partial charge in [0.2, 0.25) is 23.8 Å². The molecule has 0 bridgehead atoms. The molecule has 0 saturated heterocycles. The second-order valence-corrected chi connectivity index (χ2v) is 23.9. The molecule has 0 unspecified atom stereocenters. The van der Waals surface area contributed by atoms with E-state index in [-0.39, 0.29) is 0 Å². The van der Waals surface area contributed by atoms with E-state index in [1.54, 1.807) is 0 Å². The molecule has 0 aliphatic heterocycles. The van der Waals surface area contributed by atoms with E-state index in [1.165, 1.54) is 30.9 Å². The van der Waals surface area contributed by atoms with E-state index < -0.39 is 0 Å². The van der Waals surface area contributed by atoms with Crippen molar-refractivity contribution < 1.29 is 0 Å². The lowest BCUT2D eigenvalue weighted by Crippen LogP contribution is -2.11. The quantitative estimate of drug-likeness (QED) is 0.132. The van der Waals surface area contributed by atoms with Crippen molar-refractivity contribution in [2.24, 2.45) is 0 Å². The van der Waals surface area contributed by atoms with Crippen LogP contribution in [0, 0.1) is 0 Å². The van der Waals surface area contributed by atoms with Gasteiger partial charge in [-0.25, -0.2) is 19.9 Å². The van der Waals surface area contributed by atoms with Crippen LogP contribution in [0.15, 0.2) is 286 Å². The van der Waals surface area contributed by atoms with E-state index in [2.05, 4.69) is 214 Å². The summed E-state index contributed by atoms with van der Waals surface area (Å²) in [5.41, 5.74) is 12.7. The van der Waals surface area contributed by atoms with Crippen molar-refractivity contribution in [2.75, 3.05) is 0 Å².